The fraction of sp³-hybridized carbons (Fsp3) is 0.389. The molecule has 1 aromatic carbocycles. The number of aryl methyl sites for hydroxylation is 1. The van der Waals surface area contributed by atoms with Crippen LogP contribution in [0.5, 0.6) is 0 Å². The summed E-state index contributed by atoms with van der Waals surface area (Å²) in [6, 6.07) is 8.49. The highest BCUT2D eigenvalue weighted by Gasteiger charge is 2.22. The van der Waals surface area contributed by atoms with Crippen molar-refractivity contribution >= 4 is 29.3 Å². The van der Waals surface area contributed by atoms with E-state index in [0.717, 1.165) is 35.7 Å². The van der Waals surface area contributed by atoms with Crippen molar-refractivity contribution in [2.45, 2.75) is 30.7 Å². The number of rotatable bonds is 5. The van der Waals surface area contributed by atoms with Gasteiger partial charge in [-0.3, -0.25) is 4.57 Å². The Hall–Kier alpha value is -1.99. The van der Waals surface area contributed by atoms with Crippen LogP contribution in [0, 0.1) is 6.92 Å². The number of benzene rings is 1. The normalized spacial score (nSPS) is 14.3. The second-order valence-electron chi connectivity index (χ2n) is 6.49. The van der Waals surface area contributed by atoms with Gasteiger partial charge in [-0.2, -0.15) is 0 Å². The average Bonchev–Trinajstić information content (AvgIpc) is 3.36. The molecule has 0 aliphatic carbocycles. The summed E-state index contributed by atoms with van der Waals surface area (Å²) >= 11 is 7.72. The molecule has 0 atom stereocenters. The van der Waals surface area contributed by atoms with Crippen molar-refractivity contribution in [3.63, 3.8) is 0 Å². The molecule has 3 aromatic rings. The largest absolute Gasteiger partial charge is 0.341 e. The zero-order valence-electron chi connectivity index (χ0n) is 14.9. The van der Waals surface area contributed by atoms with Crippen molar-refractivity contribution in [2.75, 3.05) is 18.0 Å². The second kappa shape index (κ2) is 7.32. The second-order valence-corrected chi connectivity index (χ2v) is 7.82. The Morgan fingerprint density at radius 3 is 2.50 bits per heavy atom. The van der Waals surface area contributed by atoms with Gasteiger partial charge in [-0.05, 0) is 31.9 Å². The highest BCUT2D eigenvalue weighted by molar-refractivity contribution is 7.98. The van der Waals surface area contributed by atoms with Crippen LogP contribution < -0.4 is 4.90 Å². The lowest BCUT2D eigenvalue weighted by Gasteiger charge is -2.18. The monoisotopic (exact) mass is 388 g/mol. The number of hydrogen-bond acceptors (Lipinski definition) is 5. The van der Waals surface area contributed by atoms with Crippen LogP contribution in [-0.4, -0.2) is 37.4 Å². The van der Waals surface area contributed by atoms with Crippen molar-refractivity contribution < 1.29 is 0 Å². The molecule has 1 aliphatic heterocycles. The van der Waals surface area contributed by atoms with Crippen LogP contribution in [0.1, 0.15) is 24.2 Å². The molecular formula is C18H21ClN6S. The Labute approximate surface area is 162 Å². The first kappa shape index (κ1) is 17.4. The minimum Gasteiger partial charge on any atom is -0.341 e. The zero-order valence-corrected chi connectivity index (χ0v) is 16.5. The first-order valence-electron chi connectivity index (χ1n) is 8.70. The molecule has 26 heavy (non-hydrogen) atoms. The molecule has 2 aromatic heterocycles. The maximum Gasteiger partial charge on any atom is 0.232 e. The molecule has 0 bridgehead atoms. The lowest BCUT2D eigenvalue weighted by molar-refractivity contribution is 0.831. The molecule has 3 heterocycles. The van der Waals surface area contributed by atoms with Gasteiger partial charge in [-0.25, -0.2) is 4.98 Å². The maximum atomic E-state index is 6.09. The SMILES string of the molecule is Cc1ccc(-n2c(SCc3ncc(Cl)n3C)nnc2N2CCCC2)cc1. The van der Waals surface area contributed by atoms with E-state index >= 15 is 0 Å². The summed E-state index contributed by atoms with van der Waals surface area (Å²) in [5.41, 5.74) is 2.32. The van der Waals surface area contributed by atoms with Gasteiger partial charge in [0.15, 0.2) is 5.16 Å². The maximum absolute atomic E-state index is 6.09. The van der Waals surface area contributed by atoms with E-state index in [9.17, 15) is 0 Å². The van der Waals surface area contributed by atoms with Crippen LogP contribution in [0.15, 0.2) is 35.6 Å². The summed E-state index contributed by atoms with van der Waals surface area (Å²) in [6.07, 6.45) is 4.09. The number of imidazole rings is 1. The Morgan fingerprint density at radius 2 is 1.85 bits per heavy atom. The Bertz CT molecular complexity index is 895. The quantitative estimate of drug-likeness (QED) is 0.621. The lowest BCUT2D eigenvalue weighted by atomic mass is 10.2. The van der Waals surface area contributed by atoms with E-state index in [0.29, 0.717) is 10.9 Å². The molecule has 4 rings (SSSR count). The number of halogens is 1. The van der Waals surface area contributed by atoms with Gasteiger partial charge < -0.3 is 9.47 Å². The number of aromatic nitrogens is 5. The average molecular weight is 389 g/mol. The summed E-state index contributed by atoms with van der Waals surface area (Å²) in [7, 11) is 1.92. The van der Waals surface area contributed by atoms with E-state index < -0.39 is 0 Å². The smallest absolute Gasteiger partial charge is 0.232 e. The first-order chi connectivity index (χ1) is 12.6. The molecule has 0 radical (unpaired) electrons. The first-order valence-corrected chi connectivity index (χ1v) is 10.1. The van der Waals surface area contributed by atoms with Gasteiger partial charge in [0.05, 0.1) is 17.6 Å². The van der Waals surface area contributed by atoms with E-state index in [1.54, 1.807) is 18.0 Å². The molecule has 0 spiro atoms. The topological polar surface area (TPSA) is 51.8 Å². The number of hydrogen-bond donors (Lipinski definition) is 0. The van der Waals surface area contributed by atoms with Crippen molar-refractivity contribution in [3.8, 4) is 5.69 Å². The third-order valence-corrected chi connectivity index (χ3v) is 5.93. The van der Waals surface area contributed by atoms with Crippen LogP contribution in [0.25, 0.3) is 5.69 Å². The predicted molar refractivity (Wildman–Crippen MR) is 105 cm³/mol. The highest BCUT2D eigenvalue weighted by atomic mass is 35.5. The Kier molecular flexibility index (Phi) is 4.91. The minimum atomic E-state index is 0.637. The van der Waals surface area contributed by atoms with E-state index in [2.05, 4.69) is 55.8 Å². The van der Waals surface area contributed by atoms with Crippen LogP contribution in [0.4, 0.5) is 5.95 Å². The fourth-order valence-corrected chi connectivity index (χ4v) is 4.17. The third-order valence-electron chi connectivity index (χ3n) is 4.66. The molecule has 0 saturated carbocycles. The van der Waals surface area contributed by atoms with Crippen molar-refractivity contribution in [1.29, 1.82) is 0 Å². The summed E-state index contributed by atoms with van der Waals surface area (Å²) in [4.78, 5) is 6.69. The predicted octanol–water partition coefficient (Wildman–Crippen LogP) is 3.86. The van der Waals surface area contributed by atoms with E-state index in [1.807, 2.05) is 11.6 Å². The molecule has 0 N–H and O–H groups in total. The molecule has 0 unspecified atom stereocenters. The summed E-state index contributed by atoms with van der Waals surface area (Å²) in [5, 5.41) is 10.5. The van der Waals surface area contributed by atoms with Crippen molar-refractivity contribution in [1.82, 2.24) is 24.3 Å². The minimum absolute atomic E-state index is 0.637. The van der Waals surface area contributed by atoms with Gasteiger partial charge in [0, 0.05) is 20.1 Å². The number of thioether (sulfide) groups is 1. The molecule has 1 saturated heterocycles. The third kappa shape index (κ3) is 3.33. The summed E-state index contributed by atoms with van der Waals surface area (Å²) < 4.78 is 4.04. The van der Waals surface area contributed by atoms with Crippen LogP contribution >= 0.6 is 23.4 Å². The molecule has 6 nitrogen and oxygen atoms in total. The van der Waals surface area contributed by atoms with E-state index in [-0.39, 0.29) is 0 Å². The number of nitrogens with zero attached hydrogens (tertiary/aromatic N) is 6. The molecule has 1 fully saturated rings. The van der Waals surface area contributed by atoms with Gasteiger partial charge in [-0.1, -0.05) is 41.1 Å². The summed E-state index contributed by atoms with van der Waals surface area (Å²) in [6.45, 7) is 4.16. The Morgan fingerprint density at radius 1 is 1.12 bits per heavy atom. The van der Waals surface area contributed by atoms with Gasteiger partial charge in [-0.15, -0.1) is 10.2 Å². The fourth-order valence-electron chi connectivity index (χ4n) is 3.08. The molecule has 0 amide bonds. The highest BCUT2D eigenvalue weighted by Crippen LogP contribution is 2.30. The summed E-state index contributed by atoms with van der Waals surface area (Å²) in [5.74, 6) is 2.53. The standard InChI is InChI=1S/C18H21ClN6S/c1-13-5-7-14(8-6-13)25-17(24-9-3-4-10-24)21-22-18(25)26-12-16-20-11-15(19)23(16)2/h5-8,11H,3-4,9-10,12H2,1-2H3. The van der Waals surface area contributed by atoms with Gasteiger partial charge in [0.2, 0.25) is 5.95 Å². The van der Waals surface area contributed by atoms with E-state index in [4.69, 9.17) is 11.6 Å². The molecular weight excluding hydrogens is 368 g/mol. The Balaban J connectivity index is 1.67. The zero-order chi connectivity index (χ0) is 18.1. The number of anilines is 1. The van der Waals surface area contributed by atoms with Crippen molar-refractivity contribution in [2.24, 2.45) is 7.05 Å². The van der Waals surface area contributed by atoms with E-state index in [1.165, 1.54) is 18.4 Å². The van der Waals surface area contributed by atoms with Crippen LogP contribution in [0.3, 0.4) is 0 Å². The van der Waals surface area contributed by atoms with Crippen LogP contribution in [0.2, 0.25) is 5.15 Å². The van der Waals surface area contributed by atoms with Crippen molar-refractivity contribution in [3.05, 3.63) is 47.0 Å². The van der Waals surface area contributed by atoms with Gasteiger partial charge >= 0.3 is 0 Å². The van der Waals surface area contributed by atoms with Crippen LogP contribution in [-0.2, 0) is 12.8 Å². The van der Waals surface area contributed by atoms with Gasteiger partial charge in [0.25, 0.3) is 0 Å². The molecule has 136 valence electrons. The molecule has 8 heteroatoms. The lowest BCUT2D eigenvalue weighted by Crippen LogP contribution is -2.22. The van der Waals surface area contributed by atoms with Gasteiger partial charge in [0.1, 0.15) is 11.0 Å². The molecule has 1 aliphatic rings.